The molecule has 1 N–H and O–H groups in total. The van der Waals surface area contributed by atoms with Gasteiger partial charge in [0, 0.05) is 5.92 Å². The number of hydrogen-bond acceptors (Lipinski definition) is 1. The van der Waals surface area contributed by atoms with Gasteiger partial charge in [-0.1, -0.05) is 60.7 Å². The largest absolute Gasteiger partial charge is 0.317 e. The SMILES string of the molecule is C1=Cc2ccccc2C(C2CCNCC2)c2ccccc21.Cl. The zero-order chi connectivity index (χ0) is 14.1. The molecule has 0 spiro atoms. The molecule has 1 aliphatic heterocycles. The normalized spacial score (nSPS) is 18.0. The Bertz CT molecular complexity index is 621. The van der Waals surface area contributed by atoms with Crippen LogP contribution in [0, 0.1) is 5.92 Å². The predicted octanol–water partition coefficient (Wildman–Crippen LogP) is 4.72. The number of piperidine rings is 1. The van der Waals surface area contributed by atoms with Gasteiger partial charge in [-0.25, -0.2) is 0 Å². The lowest BCUT2D eigenvalue weighted by atomic mass is 9.75. The Morgan fingerprint density at radius 1 is 0.727 bits per heavy atom. The number of nitrogens with one attached hydrogen (secondary N) is 1. The molecule has 2 aromatic rings. The van der Waals surface area contributed by atoms with Crippen LogP contribution >= 0.6 is 12.4 Å². The van der Waals surface area contributed by atoms with Crippen molar-refractivity contribution in [3.05, 3.63) is 70.8 Å². The second kappa shape index (κ2) is 6.68. The Hall–Kier alpha value is -1.57. The fraction of sp³-hybridized carbons (Fsp3) is 0.300. The van der Waals surface area contributed by atoms with E-state index in [1.165, 1.54) is 35.1 Å². The second-order valence-electron chi connectivity index (χ2n) is 6.16. The average molecular weight is 312 g/mol. The molecule has 1 aliphatic carbocycles. The summed E-state index contributed by atoms with van der Waals surface area (Å²) in [6.07, 6.45) is 7.12. The van der Waals surface area contributed by atoms with Crippen molar-refractivity contribution in [1.29, 1.82) is 0 Å². The molecule has 1 nitrogen and oxygen atoms in total. The molecule has 0 unspecified atom stereocenters. The van der Waals surface area contributed by atoms with Crippen molar-refractivity contribution in [1.82, 2.24) is 5.32 Å². The molecule has 2 aliphatic rings. The number of fused-ring (bicyclic) bond motifs is 2. The van der Waals surface area contributed by atoms with Crippen molar-refractivity contribution in [3.8, 4) is 0 Å². The van der Waals surface area contributed by atoms with Gasteiger partial charge < -0.3 is 5.32 Å². The first kappa shape index (κ1) is 15.3. The van der Waals surface area contributed by atoms with Gasteiger partial charge in [0.15, 0.2) is 0 Å². The van der Waals surface area contributed by atoms with Gasteiger partial charge in [-0.3, -0.25) is 0 Å². The summed E-state index contributed by atoms with van der Waals surface area (Å²) < 4.78 is 0. The Labute approximate surface area is 138 Å². The van der Waals surface area contributed by atoms with Crippen molar-refractivity contribution in [3.63, 3.8) is 0 Å². The van der Waals surface area contributed by atoms with E-state index in [1.54, 1.807) is 0 Å². The molecule has 1 fully saturated rings. The van der Waals surface area contributed by atoms with E-state index >= 15 is 0 Å². The van der Waals surface area contributed by atoms with E-state index in [0.717, 1.165) is 19.0 Å². The van der Waals surface area contributed by atoms with Crippen LogP contribution in [0.2, 0.25) is 0 Å². The molecular weight excluding hydrogens is 290 g/mol. The van der Waals surface area contributed by atoms with Crippen molar-refractivity contribution in [2.45, 2.75) is 18.8 Å². The van der Waals surface area contributed by atoms with Gasteiger partial charge in [0.2, 0.25) is 0 Å². The molecule has 0 bridgehead atoms. The Kier molecular flexibility index (Phi) is 4.66. The molecule has 2 aromatic carbocycles. The minimum Gasteiger partial charge on any atom is -0.317 e. The van der Waals surface area contributed by atoms with E-state index in [1.807, 2.05) is 0 Å². The van der Waals surface area contributed by atoms with E-state index in [9.17, 15) is 0 Å². The Balaban J connectivity index is 0.00000144. The lowest BCUT2D eigenvalue weighted by Gasteiger charge is -2.32. The molecule has 4 rings (SSSR count). The van der Waals surface area contributed by atoms with Crippen LogP contribution in [0.5, 0.6) is 0 Å². The summed E-state index contributed by atoms with van der Waals surface area (Å²) in [6, 6.07) is 17.8. The zero-order valence-corrected chi connectivity index (χ0v) is 13.5. The first-order valence-electron chi connectivity index (χ1n) is 8.00. The van der Waals surface area contributed by atoms with E-state index in [0.29, 0.717) is 5.92 Å². The topological polar surface area (TPSA) is 12.0 Å². The quantitative estimate of drug-likeness (QED) is 0.803. The van der Waals surface area contributed by atoms with Crippen LogP contribution in [0.3, 0.4) is 0 Å². The summed E-state index contributed by atoms with van der Waals surface area (Å²) >= 11 is 0. The third kappa shape index (κ3) is 2.71. The van der Waals surface area contributed by atoms with Crippen LogP contribution < -0.4 is 5.32 Å². The smallest absolute Gasteiger partial charge is 0.0130 e. The number of halogens is 1. The van der Waals surface area contributed by atoms with Crippen LogP contribution in [0.1, 0.15) is 41.0 Å². The molecule has 114 valence electrons. The molecule has 1 heterocycles. The maximum Gasteiger partial charge on any atom is 0.0130 e. The Morgan fingerprint density at radius 3 is 1.77 bits per heavy atom. The summed E-state index contributed by atoms with van der Waals surface area (Å²) in [4.78, 5) is 0. The summed E-state index contributed by atoms with van der Waals surface area (Å²) in [6.45, 7) is 2.30. The first-order chi connectivity index (χ1) is 10.4. The van der Waals surface area contributed by atoms with Crippen LogP contribution in [0.15, 0.2) is 48.5 Å². The van der Waals surface area contributed by atoms with Crippen LogP contribution in [0.25, 0.3) is 12.2 Å². The molecule has 22 heavy (non-hydrogen) atoms. The summed E-state index contributed by atoms with van der Waals surface area (Å²) in [5, 5.41) is 3.50. The first-order valence-corrected chi connectivity index (χ1v) is 8.00. The molecule has 0 aromatic heterocycles. The van der Waals surface area contributed by atoms with E-state index < -0.39 is 0 Å². The van der Waals surface area contributed by atoms with E-state index in [4.69, 9.17) is 0 Å². The fourth-order valence-corrected chi connectivity index (χ4v) is 3.92. The third-order valence-corrected chi connectivity index (χ3v) is 4.96. The predicted molar refractivity (Wildman–Crippen MR) is 96.5 cm³/mol. The monoisotopic (exact) mass is 311 g/mol. The maximum atomic E-state index is 3.50. The summed E-state index contributed by atoms with van der Waals surface area (Å²) in [5.74, 6) is 1.28. The second-order valence-corrected chi connectivity index (χ2v) is 6.16. The lowest BCUT2D eigenvalue weighted by Crippen LogP contribution is -2.31. The zero-order valence-electron chi connectivity index (χ0n) is 12.7. The van der Waals surface area contributed by atoms with Gasteiger partial charge in [-0.05, 0) is 54.1 Å². The van der Waals surface area contributed by atoms with Crippen LogP contribution in [-0.4, -0.2) is 13.1 Å². The molecule has 0 atom stereocenters. The van der Waals surface area contributed by atoms with Crippen molar-refractivity contribution in [2.24, 2.45) is 5.92 Å². The molecule has 1 saturated heterocycles. The number of rotatable bonds is 1. The van der Waals surface area contributed by atoms with Crippen LogP contribution in [0.4, 0.5) is 0 Å². The number of benzene rings is 2. The van der Waals surface area contributed by atoms with Gasteiger partial charge >= 0.3 is 0 Å². The van der Waals surface area contributed by atoms with Gasteiger partial charge in [0.1, 0.15) is 0 Å². The Morgan fingerprint density at radius 2 is 1.23 bits per heavy atom. The van der Waals surface area contributed by atoms with E-state index in [-0.39, 0.29) is 12.4 Å². The minimum atomic E-state index is 0. The van der Waals surface area contributed by atoms with Crippen molar-refractivity contribution in [2.75, 3.05) is 13.1 Å². The fourth-order valence-electron chi connectivity index (χ4n) is 3.92. The number of hydrogen-bond donors (Lipinski definition) is 1. The molecule has 0 amide bonds. The van der Waals surface area contributed by atoms with Crippen LogP contribution in [-0.2, 0) is 0 Å². The van der Waals surface area contributed by atoms with Gasteiger partial charge in [0.05, 0.1) is 0 Å². The average Bonchev–Trinajstić information content (AvgIpc) is 2.72. The van der Waals surface area contributed by atoms with Gasteiger partial charge in [0.25, 0.3) is 0 Å². The maximum absolute atomic E-state index is 3.50. The van der Waals surface area contributed by atoms with Gasteiger partial charge in [-0.2, -0.15) is 0 Å². The molecule has 0 radical (unpaired) electrons. The third-order valence-electron chi connectivity index (χ3n) is 4.96. The standard InChI is InChI=1S/C20H21N.ClH/c1-3-7-18-15(5-1)9-10-16-6-2-4-8-19(16)20(18)17-11-13-21-14-12-17;/h1-10,17,20-21H,11-14H2;1H. The molecule has 2 heteroatoms. The van der Waals surface area contributed by atoms with Crippen molar-refractivity contribution < 1.29 is 0 Å². The minimum absolute atomic E-state index is 0. The highest BCUT2D eigenvalue weighted by molar-refractivity contribution is 5.85. The van der Waals surface area contributed by atoms with Gasteiger partial charge in [-0.15, -0.1) is 12.4 Å². The highest BCUT2D eigenvalue weighted by atomic mass is 35.5. The lowest BCUT2D eigenvalue weighted by molar-refractivity contribution is 0.342. The highest BCUT2D eigenvalue weighted by Gasteiger charge is 2.29. The molecular formula is C20H22ClN. The molecule has 0 saturated carbocycles. The summed E-state index contributed by atoms with van der Waals surface area (Å²) in [5.41, 5.74) is 5.78. The van der Waals surface area contributed by atoms with E-state index in [2.05, 4.69) is 66.0 Å². The summed E-state index contributed by atoms with van der Waals surface area (Å²) in [7, 11) is 0. The van der Waals surface area contributed by atoms with Crippen molar-refractivity contribution >= 4 is 24.6 Å². The highest BCUT2D eigenvalue weighted by Crippen LogP contribution is 2.42.